The lowest BCUT2D eigenvalue weighted by Gasteiger charge is -2.12. The van der Waals surface area contributed by atoms with Gasteiger partial charge in [-0.3, -0.25) is 14.4 Å². The van der Waals surface area contributed by atoms with E-state index in [1.807, 2.05) is 24.3 Å². The maximum absolute atomic E-state index is 12.5. The molecular weight excluding hydrogens is 632 g/mol. The SMILES string of the molecule is CC/C=C\C/C=C\C/C=C\C/C=C\C/C=C\CCCC(=O)OC(/C=C\C/C=C\CC)/C=C\CCCCCC(=O)NCC(=O)NC(CO)C(=O)O. The van der Waals surface area contributed by atoms with Crippen LogP contribution in [0.4, 0.5) is 0 Å². The average molecular weight is 695 g/mol. The van der Waals surface area contributed by atoms with Crippen LogP contribution in [0, 0.1) is 0 Å². The van der Waals surface area contributed by atoms with Gasteiger partial charge in [0.25, 0.3) is 0 Å². The van der Waals surface area contributed by atoms with Crippen LogP contribution in [-0.4, -0.2) is 59.3 Å². The highest BCUT2D eigenvalue weighted by molar-refractivity contribution is 5.87. The summed E-state index contributed by atoms with van der Waals surface area (Å²) in [6, 6.07) is -1.40. The van der Waals surface area contributed by atoms with Gasteiger partial charge in [0.2, 0.25) is 11.8 Å². The second kappa shape index (κ2) is 34.6. The number of allylic oxidation sites excluding steroid dienone is 14. The first-order valence-electron chi connectivity index (χ1n) is 18.2. The van der Waals surface area contributed by atoms with Gasteiger partial charge in [0.05, 0.1) is 13.2 Å². The van der Waals surface area contributed by atoms with Crippen molar-refractivity contribution < 1.29 is 34.1 Å². The molecule has 9 heteroatoms. The van der Waals surface area contributed by atoms with Gasteiger partial charge in [0.15, 0.2) is 0 Å². The van der Waals surface area contributed by atoms with Gasteiger partial charge in [-0.1, -0.05) is 105 Å². The molecule has 50 heavy (non-hydrogen) atoms. The van der Waals surface area contributed by atoms with E-state index in [0.29, 0.717) is 12.8 Å². The number of carboxylic acid groups (broad SMARTS) is 1. The van der Waals surface area contributed by atoms with Crippen molar-refractivity contribution in [1.82, 2.24) is 10.6 Å². The van der Waals surface area contributed by atoms with E-state index < -0.39 is 30.6 Å². The Balaban J connectivity index is 4.35. The Hall–Kier alpha value is -4.24. The van der Waals surface area contributed by atoms with Gasteiger partial charge in [0, 0.05) is 12.8 Å². The number of ether oxygens (including phenoxy) is 1. The van der Waals surface area contributed by atoms with Gasteiger partial charge >= 0.3 is 11.9 Å². The van der Waals surface area contributed by atoms with Crippen molar-refractivity contribution in [3.05, 3.63) is 97.2 Å². The predicted octanol–water partition coefficient (Wildman–Crippen LogP) is 7.92. The number of carbonyl (C=O) groups excluding carboxylic acids is 3. The summed E-state index contributed by atoms with van der Waals surface area (Å²) in [6.45, 7) is 3.14. The molecule has 0 aromatic heterocycles. The molecule has 9 nitrogen and oxygen atoms in total. The number of amides is 2. The number of rotatable bonds is 30. The first kappa shape index (κ1) is 45.8. The van der Waals surface area contributed by atoms with Crippen LogP contribution in [0.1, 0.15) is 110 Å². The van der Waals surface area contributed by atoms with Crippen LogP contribution in [0.2, 0.25) is 0 Å². The summed E-state index contributed by atoms with van der Waals surface area (Å²) in [4.78, 5) is 47.1. The highest BCUT2D eigenvalue weighted by atomic mass is 16.5. The molecule has 0 saturated carbocycles. The Morgan fingerprint density at radius 3 is 1.68 bits per heavy atom. The number of hydrogen-bond donors (Lipinski definition) is 4. The minimum atomic E-state index is -1.40. The molecule has 0 bridgehead atoms. The third-order valence-electron chi connectivity index (χ3n) is 7.04. The van der Waals surface area contributed by atoms with Crippen molar-refractivity contribution >= 4 is 23.8 Å². The number of hydrogen-bond acceptors (Lipinski definition) is 6. The third kappa shape index (κ3) is 31.1. The molecule has 0 spiro atoms. The van der Waals surface area contributed by atoms with Crippen LogP contribution in [0.5, 0.6) is 0 Å². The molecule has 278 valence electrons. The number of nitrogens with one attached hydrogen (secondary N) is 2. The summed E-state index contributed by atoms with van der Waals surface area (Å²) in [7, 11) is 0. The van der Waals surface area contributed by atoms with Gasteiger partial charge in [-0.2, -0.15) is 0 Å². The normalized spacial score (nSPS) is 13.7. The second-order valence-corrected chi connectivity index (χ2v) is 11.5. The summed E-state index contributed by atoms with van der Waals surface area (Å²) >= 11 is 0. The quantitative estimate of drug-likeness (QED) is 0.0340. The van der Waals surface area contributed by atoms with E-state index in [-0.39, 0.29) is 24.8 Å². The van der Waals surface area contributed by atoms with Crippen LogP contribution in [0.25, 0.3) is 0 Å². The topological polar surface area (TPSA) is 142 Å². The van der Waals surface area contributed by atoms with Crippen LogP contribution in [0.15, 0.2) is 97.2 Å². The van der Waals surface area contributed by atoms with Crippen molar-refractivity contribution in [3.63, 3.8) is 0 Å². The van der Waals surface area contributed by atoms with Gasteiger partial charge < -0.3 is 25.6 Å². The van der Waals surface area contributed by atoms with Gasteiger partial charge in [-0.15, -0.1) is 0 Å². The van der Waals surface area contributed by atoms with Crippen LogP contribution in [-0.2, 0) is 23.9 Å². The highest BCUT2D eigenvalue weighted by Crippen LogP contribution is 2.09. The molecule has 0 aliphatic rings. The van der Waals surface area contributed by atoms with E-state index in [4.69, 9.17) is 14.9 Å². The Labute approximate surface area is 300 Å². The minimum Gasteiger partial charge on any atom is -0.480 e. The second-order valence-electron chi connectivity index (χ2n) is 11.5. The van der Waals surface area contributed by atoms with E-state index in [1.54, 1.807) is 0 Å². The number of carboxylic acids is 1. The summed E-state index contributed by atoms with van der Waals surface area (Å²) < 4.78 is 5.72. The molecule has 0 rings (SSSR count). The molecule has 0 aliphatic carbocycles. The monoisotopic (exact) mass is 694 g/mol. The zero-order chi connectivity index (χ0) is 36.9. The summed E-state index contributed by atoms with van der Waals surface area (Å²) in [6.07, 6.45) is 45.0. The lowest BCUT2D eigenvalue weighted by molar-refractivity contribution is -0.145. The molecule has 2 unspecified atom stereocenters. The van der Waals surface area contributed by atoms with Crippen LogP contribution < -0.4 is 10.6 Å². The fraction of sp³-hybridized carbons (Fsp3) is 0.512. The van der Waals surface area contributed by atoms with Crippen LogP contribution >= 0.6 is 0 Å². The zero-order valence-corrected chi connectivity index (χ0v) is 30.3. The Kier molecular flexibility index (Phi) is 31.7. The lowest BCUT2D eigenvalue weighted by atomic mass is 10.1. The molecule has 4 N–H and O–H groups in total. The van der Waals surface area contributed by atoms with Gasteiger partial charge in [-0.25, -0.2) is 4.79 Å². The molecular formula is C41H62N2O7. The largest absolute Gasteiger partial charge is 0.480 e. The molecule has 2 atom stereocenters. The van der Waals surface area contributed by atoms with Crippen molar-refractivity contribution in [1.29, 1.82) is 0 Å². The van der Waals surface area contributed by atoms with Crippen LogP contribution in [0.3, 0.4) is 0 Å². The molecule has 0 heterocycles. The standard InChI is InChI=1S/C41H62N2O7/c1-3-5-7-9-10-11-12-13-14-15-16-17-18-19-20-25-29-33-40(47)50-36(30-26-22-8-6-4-2)31-27-23-21-24-28-32-38(45)42-34-39(46)43-37(35-44)41(48)49/h5-8,10-11,13-14,16-17,19-20,26-27,30-31,36-37,44H,3-4,9,12,15,18,21-25,28-29,32-35H2,1-2H3,(H,42,45)(H,43,46)(H,48,49)/b7-5-,8-6-,11-10-,14-13-,17-16-,20-19-,30-26-,31-27-. The number of aliphatic carboxylic acids is 1. The van der Waals surface area contributed by atoms with E-state index in [9.17, 15) is 19.2 Å². The summed E-state index contributed by atoms with van der Waals surface area (Å²) in [5.41, 5.74) is 0. The number of carbonyl (C=O) groups is 4. The molecule has 0 aliphatic heterocycles. The highest BCUT2D eigenvalue weighted by Gasteiger charge is 2.18. The number of unbranched alkanes of at least 4 members (excludes halogenated alkanes) is 4. The molecule has 0 saturated heterocycles. The van der Waals surface area contributed by atoms with E-state index in [2.05, 4.69) is 97.4 Å². The smallest absolute Gasteiger partial charge is 0.328 e. The zero-order valence-electron chi connectivity index (χ0n) is 30.3. The maximum Gasteiger partial charge on any atom is 0.328 e. The lowest BCUT2D eigenvalue weighted by Crippen LogP contribution is -2.47. The number of aliphatic hydroxyl groups is 1. The molecule has 0 radical (unpaired) electrons. The maximum atomic E-state index is 12.5. The third-order valence-corrected chi connectivity index (χ3v) is 7.04. The average Bonchev–Trinajstić information content (AvgIpc) is 3.10. The fourth-order valence-electron chi connectivity index (χ4n) is 4.29. The fourth-order valence-corrected chi connectivity index (χ4v) is 4.29. The number of aliphatic hydroxyl groups excluding tert-OH is 1. The first-order valence-corrected chi connectivity index (χ1v) is 18.2. The van der Waals surface area contributed by atoms with E-state index in [1.165, 1.54) is 0 Å². The Morgan fingerprint density at radius 1 is 0.600 bits per heavy atom. The van der Waals surface area contributed by atoms with E-state index in [0.717, 1.165) is 77.0 Å². The van der Waals surface area contributed by atoms with Crippen molar-refractivity contribution in [3.8, 4) is 0 Å². The minimum absolute atomic E-state index is 0.227. The van der Waals surface area contributed by atoms with E-state index >= 15 is 0 Å². The molecule has 0 aromatic carbocycles. The van der Waals surface area contributed by atoms with Gasteiger partial charge in [0.1, 0.15) is 12.1 Å². The predicted molar refractivity (Wildman–Crippen MR) is 203 cm³/mol. The first-order chi connectivity index (χ1) is 24.3. The summed E-state index contributed by atoms with van der Waals surface area (Å²) in [5.74, 6) is -2.56. The molecule has 0 fully saturated rings. The number of esters is 1. The molecule has 0 aromatic rings. The van der Waals surface area contributed by atoms with Crippen molar-refractivity contribution in [2.45, 2.75) is 122 Å². The Morgan fingerprint density at radius 2 is 1.12 bits per heavy atom. The molecule has 2 amide bonds. The Bertz CT molecular complexity index is 1160. The van der Waals surface area contributed by atoms with Crippen molar-refractivity contribution in [2.24, 2.45) is 0 Å². The summed E-state index contributed by atoms with van der Waals surface area (Å²) in [5, 5.41) is 22.4. The van der Waals surface area contributed by atoms with Crippen molar-refractivity contribution in [2.75, 3.05) is 13.2 Å². The van der Waals surface area contributed by atoms with Gasteiger partial charge in [-0.05, 0) is 89.2 Å².